The maximum atomic E-state index is 12.7. The maximum Gasteiger partial charge on any atom is 0.416 e. The van der Waals surface area contributed by atoms with E-state index in [1.165, 1.54) is 0 Å². The van der Waals surface area contributed by atoms with Crippen molar-refractivity contribution in [1.29, 1.82) is 0 Å². The molecule has 3 heterocycles. The first-order valence-electron chi connectivity index (χ1n) is 9.93. The van der Waals surface area contributed by atoms with Gasteiger partial charge in [0.1, 0.15) is 0 Å². The average molecular weight is 403 g/mol. The molecule has 2 unspecified atom stereocenters. The molecule has 2 aliphatic rings. The molecule has 2 fully saturated rings. The van der Waals surface area contributed by atoms with Gasteiger partial charge in [0.15, 0.2) is 0 Å². The first-order chi connectivity index (χ1) is 13.9. The Morgan fingerprint density at radius 1 is 1.00 bits per heavy atom. The van der Waals surface area contributed by atoms with Crippen molar-refractivity contribution in [2.75, 3.05) is 26.2 Å². The van der Waals surface area contributed by atoms with E-state index in [0.29, 0.717) is 31.2 Å². The Morgan fingerprint density at radius 3 is 2.28 bits per heavy atom. The van der Waals surface area contributed by atoms with Crippen molar-refractivity contribution in [1.82, 2.24) is 14.8 Å². The molecule has 2 aliphatic heterocycles. The Balaban J connectivity index is 1.25. The summed E-state index contributed by atoms with van der Waals surface area (Å²) in [4.78, 5) is 20.9. The van der Waals surface area contributed by atoms with Crippen LogP contribution in [0.4, 0.5) is 13.2 Å². The van der Waals surface area contributed by atoms with E-state index in [2.05, 4.69) is 9.88 Å². The Bertz CT molecular complexity index is 825. The van der Waals surface area contributed by atoms with Crippen LogP contribution >= 0.6 is 0 Å². The fourth-order valence-corrected chi connectivity index (χ4v) is 4.44. The molecule has 4 nitrogen and oxygen atoms in total. The molecule has 0 aliphatic carbocycles. The van der Waals surface area contributed by atoms with Crippen LogP contribution in [0.1, 0.15) is 23.1 Å². The monoisotopic (exact) mass is 403 g/mol. The fraction of sp³-hybridized carbons (Fsp3) is 0.455. The van der Waals surface area contributed by atoms with Crippen molar-refractivity contribution in [3.8, 4) is 0 Å². The SMILES string of the molecule is O=C(CCc1cccnc1)N1CC2CN(Cc3ccc(C(F)(F)F)cc3)CC2C1. The highest BCUT2D eigenvalue weighted by atomic mass is 19.4. The first-order valence-corrected chi connectivity index (χ1v) is 9.93. The van der Waals surface area contributed by atoms with Crippen molar-refractivity contribution in [3.63, 3.8) is 0 Å². The molecule has 1 aromatic heterocycles. The number of alkyl halides is 3. The second-order valence-corrected chi connectivity index (χ2v) is 8.07. The van der Waals surface area contributed by atoms with Gasteiger partial charge in [-0.25, -0.2) is 0 Å². The minimum absolute atomic E-state index is 0.192. The molecule has 1 aromatic carbocycles. The number of carbonyl (C=O) groups is 1. The fourth-order valence-electron chi connectivity index (χ4n) is 4.44. The van der Waals surface area contributed by atoms with Gasteiger partial charge in [0.05, 0.1) is 5.56 Å². The Labute approximate surface area is 168 Å². The van der Waals surface area contributed by atoms with Crippen LogP contribution in [0.5, 0.6) is 0 Å². The van der Waals surface area contributed by atoms with E-state index in [-0.39, 0.29) is 5.91 Å². The number of rotatable bonds is 5. The minimum Gasteiger partial charge on any atom is -0.342 e. The number of fused-ring (bicyclic) bond motifs is 1. The second kappa shape index (κ2) is 8.14. The van der Waals surface area contributed by atoms with E-state index in [1.807, 2.05) is 17.0 Å². The van der Waals surface area contributed by atoms with Crippen molar-refractivity contribution < 1.29 is 18.0 Å². The lowest BCUT2D eigenvalue weighted by atomic mass is 10.0. The Hall–Kier alpha value is -2.41. The van der Waals surface area contributed by atoms with Gasteiger partial charge in [0, 0.05) is 51.5 Å². The molecule has 1 amide bonds. The number of hydrogen-bond donors (Lipinski definition) is 0. The number of aromatic nitrogens is 1. The zero-order chi connectivity index (χ0) is 20.4. The Morgan fingerprint density at radius 2 is 1.69 bits per heavy atom. The van der Waals surface area contributed by atoms with Crippen LogP contribution in [-0.4, -0.2) is 46.9 Å². The summed E-state index contributed by atoms with van der Waals surface area (Å²) in [7, 11) is 0. The first kappa shape index (κ1) is 19.9. The van der Waals surface area contributed by atoms with Gasteiger partial charge in [-0.2, -0.15) is 13.2 Å². The number of hydrogen-bond acceptors (Lipinski definition) is 3. The van der Waals surface area contributed by atoms with Crippen molar-refractivity contribution in [2.24, 2.45) is 11.8 Å². The van der Waals surface area contributed by atoms with Crippen molar-refractivity contribution in [3.05, 3.63) is 65.5 Å². The van der Waals surface area contributed by atoms with Crippen LogP contribution < -0.4 is 0 Å². The predicted octanol–water partition coefficient (Wildman–Crippen LogP) is 3.62. The number of aryl methyl sites for hydroxylation is 1. The lowest BCUT2D eigenvalue weighted by Gasteiger charge is -2.22. The van der Waals surface area contributed by atoms with E-state index in [4.69, 9.17) is 0 Å². The molecule has 0 saturated carbocycles. The van der Waals surface area contributed by atoms with Crippen LogP contribution in [0.25, 0.3) is 0 Å². The molecule has 2 aromatic rings. The third kappa shape index (κ3) is 4.78. The number of benzene rings is 1. The third-order valence-corrected chi connectivity index (χ3v) is 5.95. The van der Waals surface area contributed by atoms with Gasteiger partial charge >= 0.3 is 6.18 Å². The lowest BCUT2D eigenvalue weighted by Crippen LogP contribution is -2.33. The molecule has 0 spiro atoms. The highest BCUT2D eigenvalue weighted by molar-refractivity contribution is 5.76. The van der Waals surface area contributed by atoms with Crippen LogP contribution in [0, 0.1) is 11.8 Å². The smallest absolute Gasteiger partial charge is 0.342 e. The van der Waals surface area contributed by atoms with E-state index >= 15 is 0 Å². The summed E-state index contributed by atoms with van der Waals surface area (Å²) in [5.41, 5.74) is 1.35. The van der Waals surface area contributed by atoms with Gasteiger partial charge < -0.3 is 4.90 Å². The van der Waals surface area contributed by atoms with Gasteiger partial charge in [-0.3, -0.25) is 14.7 Å². The topological polar surface area (TPSA) is 36.4 Å². The van der Waals surface area contributed by atoms with Gasteiger partial charge in [-0.1, -0.05) is 18.2 Å². The molecule has 0 radical (unpaired) electrons. The summed E-state index contributed by atoms with van der Waals surface area (Å²) < 4.78 is 38.1. The van der Waals surface area contributed by atoms with E-state index in [1.54, 1.807) is 24.5 Å². The van der Waals surface area contributed by atoms with Crippen LogP contribution in [0.2, 0.25) is 0 Å². The molecule has 154 valence electrons. The highest BCUT2D eigenvalue weighted by Gasteiger charge is 2.41. The molecule has 0 bridgehead atoms. The number of nitrogens with zero attached hydrogens (tertiary/aromatic N) is 3. The van der Waals surface area contributed by atoms with Crippen molar-refractivity contribution in [2.45, 2.75) is 25.6 Å². The normalized spacial score (nSPS) is 22.1. The van der Waals surface area contributed by atoms with E-state index in [9.17, 15) is 18.0 Å². The molecule has 4 rings (SSSR count). The number of pyridine rings is 1. The minimum atomic E-state index is -4.30. The zero-order valence-corrected chi connectivity index (χ0v) is 16.1. The van der Waals surface area contributed by atoms with Crippen LogP contribution in [0.3, 0.4) is 0 Å². The predicted molar refractivity (Wildman–Crippen MR) is 103 cm³/mol. The number of amides is 1. The number of halogens is 3. The van der Waals surface area contributed by atoms with E-state index in [0.717, 1.165) is 49.4 Å². The lowest BCUT2D eigenvalue weighted by molar-refractivity contribution is -0.137. The van der Waals surface area contributed by atoms with Gasteiger partial charge in [-0.15, -0.1) is 0 Å². The number of carbonyl (C=O) groups excluding carboxylic acids is 1. The van der Waals surface area contributed by atoms with Crippen molar-refractivity contribution >= 4 is 5.91 Å². The maximum absolute atomic E-state index is 12.7. The summed E-state index contributed by atoms with van der Waals surface area (Å²) in [6, 6.07) is 9.28. The second-order valence-electron chi connectivity index (χ2n) is 8.07. The molecule has 2 atom stereocenters. The largest absolute Gasteiger partial charge is 0.416 e. The standard InChI is InChI=1S/C22H24F3N3O/c23-22(24,25)20-6-3-17(4-7-20)11-27-12-18-14-28(15-19(18)13-27)21(29)8-5-16-2-1-9-26-10-16/h1-4,6-7,9-10,18-19H,5,8,11-15H2. The average Bonchev–Trinajstić information content (AvgIpc) is 3.25. The summed E-state index contributed by atoms with van der Waals surface area (Å²) in [5, 5.41) is 0. The summed E-state index contributed by atoms with van der Waals surface area (Å²) in [6.45, 7) is 3.98. The number of likely N-dealkylation sites (tertiary alicyclic amines) is 2. The summed E-state index contributed by atoms with van der Waals surface area (Å²) in [6.07, 6.45) is 0.434. The summed E-state index contributed by atoms with van der Waals surface area (Å²) in [5.74, 6) is 1.09. The third-order valence-electron chi connectivity index (χ3n) is 5.95. The molecular weight excluding hydrogens is 379 g/mol. The van der Waals surface area contributed by atoms with Gasteiger partial charge in [-0.05, 0) is 47.6 Å². The molecule has 0 N–H and O–H groups in total. The molecule has 29 heavy (non-hydrogen) atoms. The quantitative estimate of drug-likeness (QED) is 0.765. The Kier molecular flexibility index (Phi) is 5.58. The van der Waals surface area contributed by atoms with Gasteiger partial charge in [0.25, 0.3) is 0 Å². The summed E-state index contributed by atoms with van der Waals surface area (Å²) >= 11 is 0. The van der Waals surface area contributed by atoms with Crippen LogP contribution in [0.15, 0.2) is 48.8 Å². The molecule has 2 saturated heterocycles. The van der Waals surface area contributed by atoms with E-state index < -0.39 is 11.7 Å². The highest BCUT2D eigenvalue weighted by Crippen LogP contribution is 2.33. The van der Waals surface area contributed by atoms with Gasteiger partial charge in [0.2, 0.25) is 5.91 Å². The zero-order valence-electron chi connectivity index (χ0n) is 16.1. The molecular formula is C22H24F3N3O. The molecule has 7 heteroatoms. The van der Waals surface area contributed by atoms with Crippen LogP contribution in [-0.2, 0) is 23.9 Å².